The summed E-state index contributed by atoms with van der Waals surface area (Å²) in [6.07, 6.45) is 0. The largest absolute Gasteiger partial charge is 0.423 e. The molecular formula is C22H24N2O5S2. The molecule has 0 amide bonds. The molecule has 4 rings (SSSR count). The predicted octanol–water partition coefficient (Wildman–Crippen LogP) is 4.52. The minimum atomic E-state index is -4.03. The van der Waals surface area contributed by atoms with Gasteiger partial charge < -0.3 is 13.5 Å². The van der Waals surface area contributed by atoms with Crippen LogP contribution in [0.25, 0.3) is 21.2 Å². The standard InChI is InChI=1S/C16H9NO5S2.C6H15N/c18-15-8-5-10-9-11(6-7-13(10)21-15)24(19,20)22-16-17-12-3-1-2-4-14(12)23-16;1-4-7(5-2)6-3/h1-9H;4-6H2,1-3H3. The molecule has 0 aliphatic carbocycles. The molecule has 7 nitrogen and oxygen atoms in total. The third-order valence-corrected chi connectivity index (χ3v) is 6.90. The van der Waals surface area contributed by atoms with Crippen molar-refractivity contribution in [3.8, 4) is 5.19 Å². The highest BCUT2D eigenvalue weighted by Gasteiger charge is 2.20. The van der Waals surface area contributed by atoms with E-state index in [4.69, 9.17) is 8.60 Å². The molecule has 2 aromatic carbocycles. The number of rotatable bonds is 6. The first-order valence-corrected chi connectivity index (χ1v) is 12.1. The number of hydrogen-bond acceptors (Lipinski definition) is 8. The molecule has 0 atom stereocenters. The van der Waals surface area contributed by atoms with Crippen LogP contribution in [0.2, 0.25) is 0 Å². The van der Waals surface area contributed by atoms with Gasteiger partial charge in [-0.25, -0.2) is 9.78 Å². The van der Waals surface area contributed by atoms with E-state index in [2.05, 4.69) is 30.7 Å². The lowest BCUT2D eigenvalue weighted by molar-refractivity contribution is 0.321. The van der Waals surface area contributed by atoms with Gasteiger partial charge in [-0.05, 0) is 56.0 Å². The molecule has 31 heavy (non-hydrogen) atoms. The van der Waals surface area contributed by atoms with Crippen molar-refractivity contribution in [2.24, 2.45) is 0 Å². The Kier molecular flexibility index (Phi) is 7.42. The lowest BCUT2D eigenvalue weighted by Gasteiger charge is -2.13. The average Bonchev–Trinajstić information content (AvgIpc) is 3.16. The van der Waals surface area contributed by atoms with E-state index in [0.29, 0.717) is 16.5 Å². The van der Waals surface area contributed by atoms with Crippen LogP contribution in [0.3, 0.4) is 0 Å². The molecule has 0 saturated heterocycles. The molecule has 2 heterocycles. The summed E-state index contributed by atoms with van der Waals surface area (Å²) in [5.41, 5.74) is 0.484. The summed E-state index contributed by atoms with van der Waals surface area (Å²) in [7, 11) is -4.03. The van der Waals surface area contributed by atoms with Gasteiger partial charge in [0.25, 0.3) is 5.19 Å². The zero-order chi connectivity index (χ0) is 22.4. The van der Waals surface area contributed by atoms with E-state index in [1.54, 1.807) is 6.07 Å². The molecule has 0 bridgehead atoms. The second kappa shape index (κ2) is 10.0. The van der Waals surface area contributed by atoms with Crippen LogP contribution in [0.1, 0.15) is 20.8 Å². The Bertz CT molecular complexity index is 1290. The molecule has 164 valence electrons. The predicted molar refractivity (Wildman–Crippen MR) is 123 cm³/mol. The molecule has 0 unspecified atom stereocenters. The normalized spacial score (nSPS) is 11.5. The van der Waals surface area contributed by atoms with E-state index in [0.717, 1.165) is 16.0 Å². The van der Waals surface area contributed by atoms with Gasteiger partial charge in [-0.1, -0.05) is 44.2 Å². The number of aromatic nitrogens is 1. The molecule has 0 N–H and O–H groups in total. The third kappa shape index (κ3) is 5.69. The SMILES string of the molecule is CCN(CC)CC.O=c1ccc2cc(S(=O)(=O)Oc3nc4ccccc4s3)ccc2o1. The van der Waals surface area contributed by atoms with Crippen molar-refractivity contribution in [1.82, 2.24) is 9.88 Å². The first-order valence-electron chi connectivity index (χ1n) is 9.92. The van der Waals surface area contributed by atoms with E-state index in [1.165, 1.54) is 50.0 Å². The third-order valence-electron chi connectivity index (χ3n) is 4.68. The fourth-order valence-corrected chi connectivity index (χ4v) is 4.83. The zero-order valence-corrected chi connectivity index (χ0v) is 19.2. The van der Waals surface area contributed by atoms with Gasteiger partial charge in [0.2, 0.25) is 0 Å². The van der Waals surface area contributed by atoms with Gasteiger partial charge >= 0.3 is 15.7 Å². The molecule has 0 aliphatic rings. The molecule has 0 aliphatic heterocycles. The van der Waals surface area contributed by atoms with Gasteiger partial charge in [0.15, 0.2) is 0 Å². The van der Waals surface area contributed by atoms with Crippen LogP contribution >= 0.6 is 11.3 Å². The topological polar surface area (TPSA) is 89.7 Å². The van der Waals surface area contributed by atoms with Gasteiger partial charge in [0.1, 0.15) is 10.5 Å². The maximum atomic E-state index is 12.4. The second-order valence-electron chi connectivity index (χ2n) is 6.56. The van der Waals surface area contributed by atoms with Gasteiger partial charge in [-0.15, -0.1) is 0 Å². The maximum absolute atomic E-state index is 12.4. The quantitative estimate of drug-likeness (QED) is 0.309. The van der Waals surface area contributed by atoms with Gasteiger partial charge in [-0.3, -0.25) is 0 Å². The molecule has 0 fully saturated rings. The van der Waals surface area contributed by atoms with Crippen LogP contribution in [0, 0.1) is 0 Å². The smallest absolute Gasteiger partial charge is 0.341 e. The fraction of sp³-hybridized carbons (Fsp3) is 0.273. The molecule has 0 radical (unpaired) electrons. The average molecular weight is 461 g/mol. The van der Waals surface area contributed by atoms with E-state index >= 15 is 0 Å². The summed E-state index contributed by atoms with van der Waals surface area (Å²) in [5.74, 6) is 0. The highest BCUT2D eigenvalue weighted by Crippen LogP contribution is 2.30. The Morgan fingerprint density at radius 3 is 2.35 bits per heavy atom. The highest BCUT2D eigenvalue weighted by molar-refractivity contribution is 7.87. The fourth-order valence-electron chi connectivity index (χ4n) is 2.90. The summed E-state index contributed by atoms with van der Waals surface area (Å²) in [6, 6.07) is 14.1. The minimum absolute atomic E-state index is 0.0388. The van der Waals surface area contributed by atoms with Gasteiger partial charge in [0.05, 0.1) is 10.2 Å². The number of para-hydroxylation sites is 1. The van der Waals surface area contributed by atoms with Crippen LogP contribution in [0.4, 0.5) is 0 Å². The molecule has 9 heteroatoms. The van der Waals surface area contributed by atoms with Crippen LogP contribution in [-0.4, -0.2) is 37.9 Å². The molecule has 4 aromatic rings. The van der Waals surface area contributed by atoms with Crippen molar-refractivity contribution in [1.29, 1.82) is 0 Å². The molecular weight excluding hydrogens is 436 g/mol. The summed E-state index contributed by atoms with van der Waals surface area (Å²) in [5, 5.41) is 0.541. The lowest BCUT2D eigenvalue weighted by Crippen LogP contribution is -2.21. The maximum Gasteiger partial charge on any atom is 0.341 e. The van der Waals surface area contributed by atoms with Crippen molar-refractivity contribution in [3.63, 3.8) is 0 Å². The van der Waals surface area contributed by atoms with E-state index in [9.17, 15) is 13.2 Å². The lowest BCUT2D eigenvalue weighted by atomic mass is 10.2. The first kappa shape index (κ1) is 22.9. The first-order chi connectivity index (χ1) is 14.9. The monoisotopic (exact) mass is 460 g/mol. The summed E-state index contributed by atoms with van der Waals surface area (Å²) < 4.78 is 35.8. The van der Waals surface area contributed by atoms with Crippen molar-refractivity contribution in [2.45, 2.75) is 25.7 Å². The van der Waals surface area contributed by atoms with Crippen LogP contribution < -0.4 is 9.81 Å². The van der Waals surface area contributed by atoms with Crippen molar-refractivity contribution in [2.75, 3.05) is 19.6 Å². The highest BCUT2D eigenvalue weighted by atomic mass is 32.2. The van der Waals surface area contributed by atoms with Crippen molar-refractivity contribution in [3.05, 3.63) is 65.0 Å². The second-order valence-corrected chi connectivity index (χ2v) is 9.10. The molecule has 0 saturated carbocycles. The zero-order valence-electron chi connectivity index (χ0n) is 17.6. The van der Waals surface area contributed by atoms with E-state index < -0.39 is 15.7 Å². The summed E-state index contributed by atoms with van der Waals surface area (Å²) in [6.45, 7) is 10.1. The number of thiazole rings is 1. The number of benzene rings is 2. The van der Waals surface area contributed by atoms with Gasteiger partial charge in [0, 0.05) is 11.5 Å². The van der Waals surface area contributed by atoms with Gasteiger partial charge in [-0.2, -0.15) is 8.42 Å². The Balaban J connectivity index is 0.000000339. The number of fused-ring (bicyclic) bond motifs is 2. The summed E-state index contributed by atoms with van der Waals surface area (Å²) in [4.78, 5) is 17.7. The van der Waals surface area contributed by atoms with Crippen molar-refractivity contribution < 1.29 is 17.0 Å². The number of nitrogens with zero attached hydrogens (tertiary/aromatic N) is 2. The Labute approximate surface area is 185 Å². The van der Waals surface area contributed by atoms with Crippen LogP contribution in [0.5, 0.6) is 5.19 Å². The Hall–Kier alpha value is -2.75. The minimum Gasteiger partial charge on any atom is -0.423 e. The van der Waals surface area contributed by atoms with Crippen molar-refractivity contribution >= 4 is 42.6 Å². The van der Waals surface area contributed by atoms with E-state index in [1.807, 2.05) is 18.2 Å². The van der Waals surface area contributed by atoms with Crippen LogP contribution in [0.15, 0.2) is 68.7 Å². The molecule has 0 spiro atoms. The van der Waals surface area contributed by atoms with E-state index in [-0.39, 0.29) is 10.1 Å². The Morgan fingerprint density at radius 2 is 1.71 bits per heavy atom. The summed E-state index contributed by atoms with van der Waals surface area (Å²) >= 11 is 1.15. The molecule has 2 aromatic heterocycles. The van der Waals surface area contributed by atoms with Crippen LogP contribution in [-0.2, 0) is 10.1 Å². The number of hydrogen-bond donors (Lipinski definition) is 0. The Morgan fingerprint density at radius 1 is 1.00 bits per heavy atom.